The summed E-state index contributed by atoms with van der Waals surface area (Å²) in [5, 5.41) is 13.0. The number of carbonyl (C=O) groups is 2. The second-order valence-electron chi connectivity index (χ2n) is 7.24. The number of hydrogen-bond donors (Lipinski definition) is 1. The molecule has 0 spiro atoms. The molecule has 5 nitrogen and oxygen atoms in total. The SMILES string of the molecule is CCCCCN1C(=O)C(=O)/C(=C(\O)c2cccc3ccccc23)C1c1ccco1. The van der Waals surface area contributed by atoms with E-state index in [0.29, 0.717) is 17.9 Å². The van der Waals surface area contributed by atoms with Gasteiger partial charge in [-0.3, -0.25) is 9.59 Å². The lowest BCUT2D eigenvalue weighted by Gasteiger charge is -2.23. The Morgan fingerprint density at radius 1 is 1.03 bits per heavy atom. The third kappa shape index (κ3) is 3.33. The number of furan rings is 1. The molecule has 3 aromatic rings. The van der Waals surface area contributed by atoms with Gasteiger partial charge in [0, 0.05) is 12.1 Å². The first kappa shape index (κ1) is 19.0. The quantitative estimate of drug-likeness (QED) is 0.277. The number of ketones is 1. The van der Waals surface area contributed by atoms with Gasteiger partial charge in [-0.25, -0.2) is 0 Å². The van der Waals surface area contributed by atoms with Crippen LogP contribution in [0.15, 0.2) is 70.9 Å². The second-order valence-corrected chi connectivity index (χ2v) is 7.24. The minimum absolute atomic E-state index is 0.0813. The number of aliphatic hydroxyl groups is 1. The highest BCUT2D eigenvalue weighted by atomic mass is 16.3. The Morgan fingerprint density at radius 3 is 2.59 bits per heavy atom. The van der Waals surface area contributed by atoms with Crippen LogP contribution < -0.4 is 0 Å². The van der Waals surface area contributed by atoms with Crippen LogP contribution in [0, 0.1) is 0 Å². The molecule has 1 aromatic heterocycles. The molecule has 0 bridgehead atoms. The van der Waals surface area contributed by atoms with Crippen molar-refractivity contribution in [2.45, 2.75) is 32.2 Å². The van der Waals surface area contributed by atoms with Gasteiger partial charge in [0.1, 0.15) is 17.6 Å². The summed E-state index contributed by atoms with van der Waals surface area (Å²) in [7, 11) is 0. The molecule has 5 heteroatoms. The smallest absolute Gasteiger partial charge is 0.295 e. The van der Waals surface area contributed by atoms with Gasteiger partial charge in [-0.2, -0.15) is 0 Å². The molecule has 1 N–H and O–H groups in total. The lowest BCUT2D eigenvalue weighted by molar-refractivity contribution is -0.140. The van der Waals surface area contributed by atoms with Crippen molar-refractivity contribution in [3.8, 4) is 0 Å². The molecule has 1 unspecified atom stereocenters. The van der Waals surface area contributed by atoms with Crippen LogP contribution in [0.1, 0.15) is 43.6 Å². The van der Waals surface area contributed by atoms with E-state index in [0.717, 1.165) is 30.0 Å². The summed E-state index contributed by atoms with van der Waals surface area (Å²) in [4.78, 5) is 27.3. The Hall–Kier alpha value is -3.34. The van der Waals surface area contributed by atoms with Crippen LogP contribution in [0.4, 0.5) is 0 Å². The van der Waals surface area contributed by atoms with Gasteiger partial charge in [-0.05, 0) is 29.3 Å². The fourth-order valence-electron chi connectivity index (χ4n) is 3.96. The molecule has 1 fully saturated rings. The van der Waals surface area contributed by atoms with Gasteiger partial charge < -0.3 is 14.4 Å². The van der Waals surface area contributed by atoms with E-state index >= 15 is 0 Å². The summed E-state index contributed by atoms with van der Waals surface area (Å²) in [5.41, 5.74) is 0.615. The number of Topliss-reactive ketones (excluding diaryl/α,β-unsaturated/α-hetero) is 1. The van der Waals surface area contributed by atoms with Gasteiger partial charge in [0.25, 0.3) is 11.7 Å². The maximum atomic E-state index is 13.0. The van der Waals surface area contributed by atoms with Gasteiger partial charge in [0.05, 0.1) is 11.8 Å². The molecule has 1 amide bonds. The van der Waals surface area contributed by atoms with E-state index in [1.54, 1.807) is 18.2 Å². The molecule has 1 atom stereocenters. The summed E-state index contributed by atoms with van der Waals surface area (Å²) in [6.07, 6.45) is 4.26. The molecule has 0 aliphatic carbocycles. The summed E-state index contributed by atoms with van der Waals surface area (Å²) in [6.45, 7) is 2.52. The average Bonchev–Trinajstić information content (AvgIpc) is 3.35. The minimum Gasteiger partial charge on any atom is -0.507 e. The van der Waals surface area contributed by atoms with Crippen LogP contribution in [0.2, 0.25) is 0 Å². The van der Waals surface area contributed by atoms with Crippen molar-refractivity contribution >= 4 is 28.2 Å². The van der Waals surface area contributed by atoms with Crippen LogP contribution in [-0.2, 0) is 9.59 Å². The number of hydrogen-bond acceptors (Lipinski definition) is 4. The third-order valence-corrected chi connectivity index (χ3v) is 5.40. The van der Waals surface area contributed by atoms with Crippen LogP contribution in [0.3, 0.4) is 0 Å². The van der Waals surface area contributed by atoms with Gasteiger partial charge in [0.2, 0.25) is 0 Å². The van der Waals surface area contributed by atoms with Crippen LogP contribution in [0.25, 0.3) is 16.5 Å². The number of likely N-dealkylation sites (tertiary alicyclic amines) is 1. The molecular weight excluding hydrogens is 366 g/mol. The Balaban J connectivity index is 1.87. The van der Waals surface area contributed by atoms with Crippen LogP contribution in [0.5, 0.6) is 0 Å². The molecule has 29 heavy (non-hydrogen) atoms. The Labute approximate surface area is 169 Å². The molecule has 1 aliphatic heterocycles. The number of nitrogens with zero attached hydrogens (tertiary/aromatic N) is 1. The monoisotopic (exact) mass is 389 g/mol. The Morgan fingerprint density at radius 2 is 1.83 bits per heavy atom. The highest BCUT2D eigenvalue weighted by Crippen LogP contribution is 2.40. The fraction of sp³-hybridized carbons (Fsp3) is 0.250. The van der Waals surface area contributed by atoms with Crippen molar-refractivity contribution in [3.05, 3.63) is 77.8 Å². The first-order valence-corrected chi connectivity index (χ1v) is 9.93. The zero-order valence-corrected chi connectivity index (χ0v) is 16.3. The largest absolute Gasteiger partial charge is 0.507 e. The second kappa shape index (κ2) is 7.95. The average molecular weight is 389 g/mol. The van der Waals surface area contributed by atoms with Gasteiger partial charge in [-0.1, -0.05) is 62.2 Å². The Kier molecular flexibility index (Phi) is 5.21. The zero-order valence-electron chi connectivity index (χ0n) is 16.3. The predicted molar refractivity (Wildman–Crippen MR) is 111 cm³/mol. The molecule has 148 valence electrons. The maximum absolute atomic E-state index is 13.0. The van der Waals surface area contributed by atoms with Crippen molar-refractivity contribution < 1.29 is 19.1 Å². The Bertz CT molecular complexity index is 1080. The van der Waals surface area contributed by atoms with E-state index in [1.807, 2.05) is 36.4 Å². The highest BCUT2D eigenvalue weighted by Gasteiger charge is 2.47. The topological polar surface area (TPSA) is 70.8 Å². The summed E-state index contributed by atoms with van der Waals surface area (Å²) in [6, 6.07) is 15.9. The molecule has 2 aromatic carbocycles. The number of fused-ring (bicyclic) bond motifs is 1. The maximum Gasteiger partial charge on any atom is 0.295 e. The molecule has 4 rings (SSSR count). The number of aliphatic hydroxyl groups excluding tert-OH is 1. The van der Waals surface area contributed by atoms with Gasteiger partial charge >= 0.3 is 0 Å². The van der Waals surface area contributed by atoms with Crippen LogP contribution in [-0.4, -0.2) is 28.2 Å². The van der Waals surface area contributed by atoms with E-state index in [1.165, 1.54) is 11.2 Å². The van der Waals surface area contributed by atoms with Crippen molar-refractivity contribution in [1.82, 2.24) is 4.90 Å². The normalized spacial score (nSPS) is 18.7. The summed E-state index contributed by atoms with van der Waals surface area (Å²) in [5.74, 6) is -0.959. The number of rotatable bonds is 6. The number of benzene rings is 2. The standard InChI is InChI=1S/C24H23NO4/c1-2-3-6-14-25-21(19-13-8-15-29-19)20(23(27)24(25)28)22(26)18-12-7-10-16-9-4-5-11-17(16)18/h4-5,7-13,15,21,26H,2-3,6,14H2,1H3/b22-20-. The fourth-order valence-corrected chi connectivity index (χ4v) is 3.96. The molecule has 0 radical (unpaired) electrons. The van der Waals surface area contributed by atoms with E-state index in [-0.39, 0.29) is 11.3 Å². The number of amides is 1. The third-order valence-electron chi connectivity index (χ3n) is 5.40. The molecule has 1 aliphatic rings. The zero-order chi connectivity index (χ0) is 20.4. The van der Waals surface area contributed by atoms with Crippen molar-refractivity contribution in [2.75, 3.05) is 6.54 Å². The van der Waals surface area contributed by atoms with Crippen molar-refractivity contribution in [1.29, 1.82) is 0 Å². The lowest BCUT2D eigenvalue weighted by atomic mass is 9.96. The van der Waals surface area contributed by atoms with Crippen LogP contribution >= 0.6 is 0 Å². The molecular formula is C24H23NO4. The van der Waals surface area contributed by atoms with Crippen molar-refractivity contribution in [3.63, 3.8) is 0 Å². The van der Waals surface area contributed by atoms with E-state index < -0.39 is 17.7 Å². The van der Waals surface area contributed by atoms with Gasteiger partial charge in [0.15, 0.2) is 0 Å². The van der Waals surface area contributed by atoms with E-state index in [2.05, 4.69) is 6.92 Å². The highest BCUT2D eigenvalue weighted by molar-refractivity contribution is 6.46. The molecule has 2 heterocycles. The first-order chi connectivity index (χ1) is 14.1. The van der Waals surface area contributed by atoms with E-state index in [4.69, 9.17) is 4.42 Å². The lowest BCUT2D eigenvalue weighted by Crippen LogP contribution is -2.30. The van der Waals surface area contributed by atoms with E-state index in [9.17, 15) is 14.7 Å². The first-order valence-electron chi connectivity index (χ1n) is 9.93. The summed E-state index contributed by atoms with van der Waals surface area (Å²) >= 11 is 0. The number of carbonyl (C=O) groups excluding carboxylic acids is 2. The summed E-state index contributed by atoms with van der Waals surface area (Å²) < 4.78 is 5.56. The molecule has 0 saturated carbocycles. The minimum atomic E-state index is -0.721. The molecule has 1 saturated heterocycles. The van der Waals surface area contributed by atoms with Gasteiger partial charge in [-0.15, -0.1) is 0 Å². The number of unbranched alkanes of at least 4 members (excludes halogenated alkanes) is 2. The van der Waals surface area contributed by atoms with Crippen molar-refractivity contribution in [2.24, 2.45) is 0 Å². The predicted octanol–water partition coefficient (Wildman–Crippen LogP) is 5.04.